The van der Waals surface area contributed by atoms with Gasteiger partial charge in [-0.1, -0.05) is 57.8 Å². The molecule has 0 radical (unpaired) electrons. The molecule has 0 aromatic heterocycles. The second-order valence-electron chi connectivity index (χ2n) is 12.5. The molecular formula is C33H51N5O6S. The number of nitrogens with two attached hydrogens (primary N) is 1. The van der Waals surface area contributed by atoms with Crippen LogP contribution in [0.3, 0.4) is 0 Å². The van der Waals surface area contributed by atoms with E-state index < -0.39 is 27.6 Å². The fourth-order valence-corrected chi connectivity index (χ4v) is 7.26. The summed E-state index contributed by atoms with van der Waals surface area (Å²) in [7, 11) is -2.12. The van der Waals surface area contributed by atoms with Crippen molar-refractivity contribution < 1.29 is 27.9 Å². The topological polar surface area (TPSA) is 162 Å². The van der Waals surface area contributed by atoms with Gasteiger partial charge in [0.05, 0.1) is 0 Å². The van der Waals surface area contributed by atoms with Gasteiger partial charge in [-0.25, -0.2) is 13.2 Å². The number of urea groups is 1. The highest BCUT2D eigenvalue weighted by molar-refractivity contribution is 7.92. The van der Waals surface area contributed by atoms with Gasteiger partial charge in [-0.05, 0) is 74.4 Å². The lowest BCUT2D eigenvalue weighted by Gasteiger charge is -2.34. The Balaban J connectivity index is 1.39. The van der Waals surface area contributed by atoms with E-state index in [1.54, 1.807) is 25.3 Å². The highest BCUT2D eigenvalue weighted by atomic mass is 32.2. The number of hydrogen-bond donors (Lipinski definition) is 3. The smallest absolute Gasteiger partial charge is 0.318 e. The maximum atomic E-state index is 13.2. The first-order valence-corrected chi connectivity index (χ1v) is 17.8. The maximum absolute atomic E-state index is 13.2. The van der Waals surface area contributed by atoms with Crippen molar-refractivity contribution in [1.29, 1.82) is 0 Å². The summed E-state index contributed by atoms with van der Waals surface area (Å²) in [5, 5.41) is 12.8. The van der Waals surface area contributed by atoms with Crippen molar-refractivity contribution in [2.24, 2.45) is 10.7 Å². The Morgan fingerprint density at radius 2 is 1.49 bits per heavy atom. The highest BCUT2D eigenvalue weighted by Crippen LogP contribution is 2.32. The van der Waals surface area contributed by atoms with Gasteiger partial charge in [-0.2, -0.15) is 4.31 Å². The van der Waals surface area contributed by atoms with Gasteiger partial charge in [0.15, 0.2) is 0 Å². The number of carboxylic acids is 1. The number of benzene rings is 1. The fourth-order valence-electron chi connectivity index (χ4n) is 6.09. The largest absolute Gasteiger partial charge is 0.481 e. The van der Waals surface area contributed by atoms with Crippen molar-refractivity contribution >= 4 is 45.5 Å². The van der Waals surface area contributed by atoms with E-state index in [1.807, 2.05) is 13.8 Å². The van der Waals surface area contributed by atoms with Crippen molar-refractivity contribution in [2.45, 2.75) is 116 Å². The zero-order valence-corrected chi connectivity index (χ0v) is 28.0. The monoisotopic (exact) mass is 645 g/mol. The number of piperidine rings is 1. The van der Waals surface area contributed by atoms with Crippen LogP contribution >= 0.6 is 0 Å². The number of aryl methyl sites for hydroxylation is 2. The van der Waals surface area contributed by atoms with E-state index in [4.69, 9.17) is 15.8 Å². The van der Waals surface area contributed by atoms with Crippen molar-refractivity contribution in [3.8, 4) is 0 Å². The molecule has 45 heavy (non-hydrogen) atoms. The molecule has 250 valence electrons. The Morgan fingerprint density at radius 1 is 0.978 bits per heavy atom. The summed E-state index contributed by atoms with van der Waals surface area (Å²) in [6, 6.07) is 3.01. The lowest BCUT2D eigenvalue weighted by molar-refractivity contribution is -0.137. The molecule has 1 aromatic carbocycles. The number of sulfonamides is 1. The number of hydrogen-bond acceptors (Lipinski definition) is 6. The van der Waals surface area contributed by atoms with Crippen LogP contribution in [-0.4, -0.2) is 67.2 Å². The number of unbranched alkanes of at least 4 members (excludes halogenated alkanes) is 10. The van der Waals surface area contributed by atoms with Crippen molar-refractivity contribution in [1.82, 2.24) is 9.62 Å². The minimum atomic E-state index is -3.70. The molecule has 1 spiro atoms. The van der Waals surface area contributed by atoms with Gasteiger partial charge in [0.1, 0.15) is 11.4 Å². The normalized spacial score (nSPS) is 16.7. The molecule has 3 amide bonds. The van der Waals surface area contributed by atoms with Gasteiger partial charge in [0.2, 0.25) is 10.0 Å². The molecule has 0 saturated carbocycles. The molecule has 2 aliphatic rings. The number of carboxylic acid groups (broad SMARTS) is 1. The number of amides is 3. The zero-order valence-electron chi connectivity index (χ0n) is 27.1. The van der Waals surface area contributed by atoms with Gasteiger partial charge < -0.3 is 16.2 Å². The first kappa shape index (κ1) is 36.2. The zero-order chi connectivity index (χ0) is 33.0. The molecule has 2 aliphatic heterocycles. The predicted octanol–water partition coefficient (Wildman–Crippen LogP) is 5.64. The number of carbonyl (C=O) groups excluding carboxylic acids is 2. The van der Waals surface area contributed by atoms with E-state index in [-0.39, 0.29) is 25.4 Å². The Labute approximate surface area is 268 Å². The van der Waals surface area contributed by atoms with Gasteiger partial charge in [-0.15, -0.1) is 0 Å². The predicted molar refractivity (Wildman–Crippen MR) is 179 cm³/mol. The summed E-state index contributed by atoms with van der Waals surface area (Å²) >= 11 is 0. The first-order valence-electron chi connectivity index (χ1n) is 16.3. The third-order valence-corrected chi connectivity index (χ3v) is 10.5. The lowest BCUT2D eigenvalue weighted by atomic mass is 9.89. The van der Waals surface area contributed by atoms with Crippen LogP contribution < -0.4 is 16.0 Å². The van der Waals surface area contributed by atoms with Crippen molar-refractivity contribution in [3.63, 3.8) is 0 Å². The van der Waals surface area contributed by atoms with Crippen LogP contribution in [-0.2, 0) is 19.6 Å². The van der Waals surface area contributed by atoms with Crippen molar-refractivity contribution in [3.05, 3.63) is 34.2 Å². The van der Waals surface area contributed by atoms with E-state index >= 15 is 0 Å². The van der Waals surface area contributed by atoms with Crippen LogP contribution in [0.25, 0.3) is 6.08 Å². The average molecular weight is 646 g/mol. The van der Waals surface area contributed by atoms with Crippen LogP contribution in [0.2, 0.25) is 0 Å². The minimum Gasteiger partial charge on any atom is -0.481 e. The van der Waals surface area contributed by atoms with Crippen LogP contribution in [0.5, 0.6) is 0 Å². The number of aliphatic carboxylic acids is 1. The van der Waals surface area contributed by atoms with E-state index in [1.165, 1.54) is 46.7 Å². The molecule has 0 bridgehead atoms. The highest BCUT2D eigenvalue weighted by Gasteiger charge is 2.46. The summed E-state index contributed by atoms with van der Waals surface area (Å²) in [5.74, 6) is -0.116. The van der Waals surface area contributed by atoms with E-state index in [0.29, 0.717) is 18.5 Å². The van der Waals surface area contributed by atoms with Gasteiger partial charge in [-0.3, -0.25) is 19.5 Å². The Bertz CT molecular complexity index is 1340. The number of nitrogens with one attached hydrogen (secondary N) is 1. The summed E-state index contributed by atoms with van der Waals surface area (Å²) in [4.78, 5) is 41.1. The Hall–Kier alpha value is -3.25. The molecule has 1 saturated heterocycles. The number of rotatable bonds is 18. The molecule has 3 rings (SSSR count). The maximum Gasteiger partial charge on any atom is 0.318 e. The van der Waals surface area contributed by atoms with Crippen LogP contribution in [0.4, 0.5) is 10.5 Å². The number of aliphatic imine (C=N–C) groups is 1. The van der Waals surface area contributed by atoms with E-state index in [9.17, 15) is 22.8 Å². The molecule has 0 atom stereocenters. The second kappa shape index (κ2) is 16.9. The van der Waals surface area contributed by atoms with Crippen molar-refractivity contribution in [2.75, 3.05) is 25.0 Å². The van der Waals surface area contributed by atoms with Crippen LogP contribution in [0.1, 0.15) is 113 Å². The number of carbonyl (C=O) groups is 3. The molecule has 0 unspecified atom stereocenters. The summed E-state index contributed by atoms with van der Waals surface area (Å²) < 4.78 is 27.8. The lowest BCUT2D eigenvalue weighted by Crippen LogP contribution is -2.50. The summed E-state index contributed by atoms with van der Waals surface area (Å²) in [5.41, 5.74) is 7.55. The average Bonchev–Trinajstić information content (AvgIpc) is 3.28. The number of primary amides is 1. The van der Waals surface area contributed by atoms with E-state index in [2.05, 4.69) is 5.32 Å². The van der Waals surface area contributed by atoms with Gasteiger partial charge >= 0.3 is 12.0 Å². The molecule has 2 heterocycles. The van der Waals surface area contributed by atoms with Gasteiger partial charge in [0.25, 0.3) is 5.91 Å². The van der Waals surface area contributed by atoms with Gasteiger partial charge in [0, 0.05) is 44.1 Å². The second-order valence-corrected chi connectivity index (χ2v) is 14.3. The van der Waals surface area contributed by atoms with Crippen LogP contribution in [0, 0.1) is 13.8 Å². The molecule has 1 fully saturated rings. The van der Waals surface area contributed by atoms with Crippen LogP contribution in [0.15, 0.2) is 22.5 Å². The third kappa shape index (κ3) is 10.7. The summed E-state index contributed by atoms with van der Waals surface area (Å²) in [6.07, 6.45) is 15.4. The number of anilines is 1. The molecule has 11 nitrogen and oxygen atoms in total. The molecular weight excluding hydrogens is 594 g/mol. The third-order valence-electron chi connectivity index (χ3n) is 8.95. The Kier molecular flexibility index (Phi) is 13.6. The number of nitrogens with zero attached hydrogens (tertiary/aromatic N) is 3. The quantitative estimate of drug-likeness (QED) is 0.175. The standard InChI is InChI=1S/C33H51N5O6S/c1-25-23-27(37(3)32(34)42)24-26(2)28(25)17-22-45(43,44)38-20-18-33(19-21-38)31(41)35-29(36-33)15-13-11-9-7-5-4-6-8-10-12-14-16-30(39)40/h17,22-24H,4-16,18-21H2,1-3H3,(H2,34,42)(H,39,40)(H,35,36,41). The summed E-state index contributed by atoms with van der Waals surface area (Å²) in [6.45, 7) is 4.16. The number of amidine groups is 1. The minimum absolute atomic E-state index is 0.125. The first-order chi connectivity index (χ1) is 21.3. The van der Waals surface area contributed by atoms with E-state index in [0.717, 1.165) is 67.5 Å². The fraction of sp³-hybridized carbons (Fsp3) is 0.636. The SMILES string of the molecule is Cc1cc(N(C)C(N)=O)cc(C)c1C=CS(=O)(=O)N1CCC2(CC1)N=C(CCCCCCCCCCCCCC(=O)O)NC2=O. The molecule has 12 heteroatoms. The molecule has 0 aliphatic carbocycles. The molecule has 1 aromatic rings. The molecule has 4 N–H and O–H groups in total. The Morgan fingerprint density at radius 3 is 2.00 bits per heavy atom.